The second-order valence-corrected chi connectivity index (χ2v) is 6.38. The largest absolute Gasteiger partial charge is 0.357 e. The number of aliphatic imine (C=N–C) groups is 1. The van der Waals surface area contributed by atoms with Crippen LogP contribution in [0.1, 0.15) is 43.7 Å². The summed E-state index contributed by atoms with van der Waals surface area (Å²) in [6.45, 7) is 4.71. The fraction of sp³-hybridized carbons (Fsp3) is 0.611. The van der Waals surface area contributed by atoms with Gasteiger partial charge in [-0.1, -0.05) is 37.1 Å². The maximum absolute atomic E-state index is 4.75. The Hall–Kier alpha value is -1.55. The zero-order valence-electron chi connectivity index (χ0n) is 14.2. The van der Waals surface area contributed by atoms with Crippen LogP contribution in [0.2, 0.25) is 0 Å². The van der Waals surface area contributed by atoms with Crippen molar-refractivity contribution in [2.45, 2.75) is 51.7 Å². The first-order valence-electron chi connectivity index (χ1n) is 8.44. The summed E-state index contributed by atoms with van der Waals surface area (Å²) in [5.41, 5.74) is 2.61. The normalized spacial score (nSPS) is 16.3. The van der Waals surface area contributed by atoms with Gasteiger partial charge in [-0.05, 0) is 45.0 Å². The molecule has 4 nitrogen and oxygen atoms in total. The molecule has 1 aliphatic rings. The fourth-order valence-electron chi connectivity index (χ4n) is 2.95. The lowest BCUT2D eigenvalue weighted by Gasteiger charge is -2.16. The van der Waals surface area contributed by atoms with Crippen LogP contribution in [-0.2, 0) is 13.1 Å². The van der Waals surface area contributed by atoms with Gasteiger partial charge >= 0.3 is 0 Å². The molecule has 1 aromatic rings. The molecule has 22 heavy (non-hydrogen) atoms. The van der Waals surface area contributed by atoms with Gasteiger partial charge in [-0.2, -0.15) is 0 Å². The Morgan fingerprint density at radius 2 is 1.95 bits per heavy atom. The van der Waals surface area contributed by atoms with Gasteiger partial charge in [0.1, 0.15) is 0 Å². The van der Waals surface area contributed by atoms with Crippen molar-refractivity contribution in [3.63, 3.8) is 0 Å². The van der Waals surface area contributed by atoms with E-state index in [-0.39, 0.29) is 0 Å². The topological polar surface area (TPSA) is 39.7 Å². The Labute approximate surface area is 135 Å². The van der Waals surface area contributed by atoms with E-state index in [2.05, 4.69) is 60.8 Å². The molecule has 0 spiro atoms. The minimum Gasteiger partial charge on any atom is -0.357 e. The smallest absolute Gasteiger partial charge is 0.191 e. The molecular formula is C18H30N4. The minimum atomic E-state index is 0.595. The standard InChI is InChI=1S/C18H30N4/c1-4-19-18(21-17-10-5-6-11-17)20-13-15-8-7-9-16(12-15)14-22(2)3/h7-9,12,17H,4-6,10-11,13-14H2,1-3H3,(H2,19,20,21). The summed E-state index contributed by atoms with van der Waals surface area (Å²) in [6.07, 6.45) is 5.21. The summed E-state index contributed by atoms with van der Waals surface area (Å²) in [7, 11) is 4.19. The van der Waals surface area contributed by atoms with E-state index in [1.165, 1.54) is 36.8 Å². The third-order valence-electron chi connectivity index (χ3n) is 3.95. The van der Waals surface area contributed by atoms with Crippen LogP contribution in [0.3, 0.4) is 0 Å². The number of benzene rings is 1. The molecule has 2 rings (SSSR count). The first kappa shape index (κ1) is 16.8. The Bertz CT molecular complexity index is 476. The van der Waals surface area contributed by atoms with Crippen molar-refractivity contribution in [1.82, 2.24) is 15.5 Å². The predicted octanol–water partition coefficient (Wildman–Crippen LogP) is 2.75. The molecule has 1 fully saturated rings. The summed E-state index contributed by atoms with van der Waals surface area (Å²) in [5, 5.41) is 6.92. The maximum Gasteiger partial charge on any atom is 0.191 e. The number of nitrogens with one attached hydrogen (secondary N) is 2. The molecule has 0 saturated heterocycles. The van der Waals surface area contributed by atoms with Gasteiger partial charge in [-0.15, -0.1) is 0 Å². The van der Waals surface area contributed by atoms with Crippen molar-refractivity contribution in [2.75, 3.05) is 20.6 Å². The highest BCUT2D eigenvalue weighted by atomic mass is 15.2. The van der Waals surface area contributed by atoms with Gasteiger partial charge < -0.3 is 15.5 Å². The number of hydrogen-bond acceptors (Lipinski definition) is 2. The molecule has 0 unspecified atom stereocenters. The van der Waals surface area contributed by atoms with E-state index in [1.807, 2.05) is 0 Å². The van der Waals surface area contributed by atoms with Crippen molar-refractivity contribution < 1.29 is 0 Å². The van der Waals surface area contributed by atoms with Crippen molar-refractivity contribution in [1.29, 1.82) is 0 Å². The summed E-state index contributed by atoms with van der Waals surface area (Å²) >= 11 is 0. The zero-order chi connectivity index (χ0) is 15.8. The molecule has 1 aliphatic carbocycles. The molecule has 0 aromatic heterocycles. The van der Waals surface area contributed by atoms with Gasteiger partial charge in [0.15, 0.2) is 5.96 Å². The van der Waals surface area contributed by atoms with Crippen LogP contribution in [0.25, 0.3) is 0 Å². The molecule has 0 aliphatic heterocycles. The van der Waals surface area contributed by atoms with Crippen LogP contribution in [0.15, 0.2) is 29.3 Å². The lowest BCUT2D eigenvalue weighted by Crippen LogP contribution is -2.42. The van der Waals surface area contributed by atoms with Gasteiger partial charge in [-0.3, -0.25) is 0 Å². The highest BCUT2D eigenvalue weighted by molar-refractivity contribution is 5.80. The number of hydrogen-bond donors (Lipinski definition) is 2. The van der Waals surface area contributed by atoms with Gasteiger partial charge in [0.2, 0.25) is 0 Å². The number of guanidine groups is 1. The van der Waals surface area contributed by atoms with Gasteiger partial charge in [-0.25, -0.2) is 4.99 Å². The molecule has 0 amide bonds. The average Bonchev–Trinajstić information content (AvgIpc) is 2.98. The second-order valence-electron chi connectivity index (χ2n) is 6.38. The van der Waals surface area contributed by atoms with E-state index in [9.17, 15) is 0 Å². The minimum absolute atomic E-state index is 0.595. The Kier molecular flexibility index (Phi) is 6.72. The number of nitrogens with zero attached hydrogens (tertiary/aromatic N) is 2. The summed E-state index contributed by atoms with van der Waals surface area (Å²) in [5.74, 6) is 0.951. The SMILES string of the molecule is CCNC(=NCc1cccc(CN(C)C)c1)NC1CCCC1. The molecule has 1 saturated carbocycles. The molecular weight excluding hydrogens is 272 g/mol. The molecule has 0 radical (unpaired) electrons. The quantitative estimate of drug-likeness (QED) is 0.627. The molecule has 0 bridgehead atoms. The Morgan fingerprint density at radius 3 is 2.64 bits per heavy atom. The van der Waals surface area contributed by atoms with Gasteiger partial charge in [0.05, 0.1) is 6.54 Å². The van der Waals surface area contributed by atoms with Crippen molar-refractivity contribution in [2.24, 2.45) is 4.99 Å². The third-order valence-corrected chi connectivity index (χ3v) is 3.95. The van der Waals surface area contributed by atoms with Crippen LogP contribution in [-0.4, -0.2) is 37.5 Å². The first-order valence-corrected chi connectivity index (χ1v) is 8.44. The summed E-state index contributed by atoms with van der Waals surface area (Å²) in [6, 6.07) is 9.30. The van der Waals surface area contributed by atoms with Gasteiger partial charge in [0, 0.05) is 19.1 Å². The molecule has 1 aromatic carbocycles. The third kappa shape index (κ3) is 5.68. The van der Waals surface area contributed by atoms with Crippen molar-refractivity contribution in [3.8, 4) is 0 Å². The number of rotatable bonds is 6. The van der Waals surface area contributed by atoms with Crippen molar-refractivity contribution >= 4 is 5.96 Å². The van der Waals surface area contributed by atoms with E-state index >= 15 is 0 Å². The maximum atomic E-state index is 4.75. The molecule has 0 heterocycles. The van der Waals surface area contributed by atoms with Crippen LogP contribution < -0.4 is 10.6 Å². The first-order chi connectivity index (χ1) is 10.7. The molecule has 2 N–H and O–H groups in total. The van der Waals surface area contributed by atoms with Crippen LogP contribution in [0.5, 0.6) is 0 Å². The van der Waals surface area contributed by atoms with E-state index in [0.29, 0.717) is 6.04 Å². The van der Waals surface area contributed by atoms with E-state index < -0.39 is 0 Å². The molecule has 122 valence electrons. The fourth-order valence-corrected chi connectivity index (χ4v) is 2.95. The van der Waals surface area contributed by atoms with E-state index in [1.54, 1.807) is 0 Å². The zero-order valence-corrected chi connectivity index (χ0v) is 14.2. The highest BCUT2D eigenvalue weighted by Crippen LogP contribution is 2.17. The summed E-state index contributed by atoms with van der Waals surface area (Å²) < 4.78 is 0. The van der Waals surface area contributed by atoms with Gasteiger partial charge in [0.25, 0.3) is 0 Å². The lowest BCUT2D eigenvalue weighted by atomic mass is 10.1. The average molecular weight is 302 g/mol. The second kappa shape index (κ2) is 8.79. The molecule has 4 heteroatoms. The predicted molar refractivity (Wildman–Crippen MR) is 94.0 cm³/mol. The highest BCUT2D eigenvalue weighted by Gasteiger charge is 2.15. The van der Waals surface area contributed by atoms with Crippen LogP contribution in [0.4, 0.5) is 0 Å². The van der Waals surface area contributed by atoms with Crippen molar-refractivity contribution in [3.05, 3.63) is 35.4 Å². The van der Waals surface area contributed by atoms with Crippen LogP contribution >= 0.6 is 0 Å². The molecule has 0 atom stereocenters. The lowest BCUT2D eigenvalue weighted by molar-refractivity contribution is 0.402. The Morgan fingerprint density at radius 1 is 1.23 bits per heavy atom. The van der Waals surface area contributed by atoms with E-state index in [4.69, 9.17) is 4.99 Å². The summed E-state index contributed by atoms with van der Waals surface area (Å²) in [4.78, 5) is 6.94. The Balaban J connectivity index is 1.96. The van der Waals surface area contributed by atoms with Crippen LogP contribution in [0, 0.1) is 0 Å². The van der Waals surface area contributed by atoms with E-state index in [0.717, 1.165) is 25.6 Å². The monoisotopic (exact) mass is 302 g/mol.